The highest BCUT2D eigenvalue weighted by Gasteiger charge is 2.49. The first-order valence-corrected chi connectivity index (χ1v) is 5.00. The molecule has 0 aliphatic heterocycles. The number of hydrogen-bond acceptors (Lipinski definition) is 1. The number of ketones is 1. The average molecular weight is 168 g/mol. The average Bonchev–Trinajstić information content (AvgIpc) is 1.96. The van der Waals surface area contributed by atoms with Gasteiger partial charge in [0.1, 0.15) is 5.78 Å². The van der Waals surface area contributed by atoms with Gasteiger partial charge in [-0.15, -0.1) is 0 Å². The molecular weight excluding hydrogens is 148 g/mol. The van der Waals surface area contributed by atoms with E-state index in [1.54, 1.807) is 6.92 Å². The molecule has 1 saturated carbocycles. The summed E-state index contributed by atoms with van der Waals surface area (Å²) >= 11 is 0. The van der Waals surface area contributed by atoms with Gasteiger partial charge in [0.05, 0.1) is 0 Å². The van der Waals surface area contributed by atoms with E-state index < -0.39 is 0 Å². The van der Waals surface area contributed by atoms with E-state index in [4.69, 9.17) is 0 Å². The summed E-state index contributed by atoms with van der Waals surface area (Å²) < 4.78 is 0. The Kier molecular flexibility index (Phi) is 2.60. The highest BCUT2D eigenvalue weighted by Crippen LogP contribution is 2.53. The summed E-state index contributed by atoms with van der Waals surface area (Å²) in [6.45, 7) is 8.43. The van der Waals surface area contributed by atoms with E-state index in [1.807, 2.05) is 0 Å². The number of carbonyl (C=O) groups is 1. The maximum Gasteiger partial charge on any atom is 0.133 e. The second-order valence-electron chi connectivity index (χ2n) is 4.71. The molecule has 0 spiro atoms. The molecule has 0 radical (unpaired) electrons. The highest BCUT2D eigenvalue weighted by molar-refractivity contribution is 5.80. The van der Waals surface area contributed by atoms with Crippen LogP contribution in [0.5, 0.6) is 0 Å². The van der Waals surface area contributed by atoms with Gasteiger partial charge >= 0.3 is 0 Å². The molecule has 1 rings (SSSR count). The summed E-state index contributed by atoms with van der Waals surface area (Å²) in [6.07, 6.45) is 3.67. The molecule has 0 aromatic rings. The molecule has 0 aromatic carbocycles. The molecule has 1 aliphatic rings. The number of hydrogen-bond donors (Lipinski definition) is 0. The maximum absolute atomic E-state index is 11.2. The third kappa shape index (κ3) is 1.41. The molecule has 1 fully saturated rings. The van der Waals surface area contributed by atoms with E-state index in [2.05, 4.69) is 20.8 Å². The SMILES string of the molecule is CCCC1CC(C(C)=O)C1(C)C. The van der Waals surface area contributed by atoms with Crippen LogP contribution in [0.3, 0.4) is 0 Å². The summed E-state index contributed by atoms with van der Waals surface area (Å²) in [5.74, 6) is 1.51. The fourth-order valence-electron chi connectivity index (χ4n) is 2.54. The standard InChI is InChI=1S/C11H20O/c1-5-6-9-7-10(8(2)12)11(9,3)4/h9-10H,5-7H2,1-4H3. The molecule has 70 valence electrons. The Morgan fingerprint density at radius 1 is 1.50 bits per heavy atom. The zero-order valence-electron chi connectivity index (χ0n) is 8.68. The van der Waals surface area contributed by atoms with E-state index in [9.17, 15) is 4.79 Å². The van der Waals surface area contributed by atoms with Crippen LogP contribution in [-0.2, 0) is 4.79 Å². The lowest BCUT2D eigenvalue weighted by molar-refractivity contribution is -0.136. The van der Waals surface area contributed by atoms with E-state index >= 15 is 0 Å². The van der Waals surface area contributed by atoms with Crippen LogP contribution < -0.4 is 0 Å². The second kappa shape index (κ2) is 3.20. The molecular formula is C11H20O. The Balaban J connectivity index is 2.53. The van der Waals surface area contributed by atoms with Gasteiger partial charge in [-0.3, -0.25) is 4.79 Å². The molecule has 0 heterocycles. The van der Waals surface area contributed by atoms with E-state index in [0.29, 0.717) is 11.7 Å². The van der Waals surface area contributed by atoms with Crippen molar-refractivity contribution in [3.63, 3.8) is 0 Å². The molecule has 2 unspecified atom stereocenters. The normalized spacial score (nSPS) is 32.7. The van der Waals surface area contributed by atoms with Gasteiger partial charge in [-0.1, -0.05) is 33.6 Å². The molecule has 1 aliphatic carbocycles. The predicted molar refractivity (Wildman–Crippen MR) is 51.0 cm³/mol. The van der Waals surface area contributed by atoms with Gasteiger partial charge in [-0.05, 0) is 24.7 Å². The zero-order chi connectivity index (χ0) is 9.35. The summed E-state index contributed by atoms with van der Waals surface area (Å²) in [5.41, 5.74) is 0.280. The Morgan fingerprint density at radius 3 is 2.42 bits per heavy atom. The summed E-state index contributed by atoms with van der Waals surface area (Å²) in [7, 11) is 0. The van der Waals surface area contributed by atoms with Crippen LogP contribution in [0.25, 0.3) is 0 Å². The smallest absolute Gasteiger partial charge is 0.133 e. The highest BCUT2D eigenvalue weighted by atomic mass is 16.1. The van der Waals surface area contributed by atoms with Gasteiger partial charge in [-0.25, -0.2) is 0 Å². The Morgan fingerprint density at radius 2 is 2.08 bits per heavy atom. The fraction of sp³-hybridized carbons (Fsp3) is 0.909. The third-order valence-electron chi connectivity index (χ3n) is 3.60. The molecule has 1 nitrogen and oxygen atoms in total. The molecule has 1 heteroatoms. The molecule has 0 aromatic heterocycles. The minimum Gasteiger partial charge on any atom is -0.300 e. The van der Waals surface area contributed by atoms with Gasteiger partial charge in [0.2, 0.25) is 0 Å². The van der Waals surface area contributed by atoms with E-state index in [1.165, 1.54) is 12.8 Å². The maximum atomic E-state index is 11.2. The van der Waals surface area contributed by atoms with Crippen molar-refractivity contribution < 1.29 is 4.79 Å². The fourth-order valence-corrected chi connectivity index (χ4v) is 2.54. The first kappa shape index (κ1) is 9.76. The molecule has 0 saturated heterocycles. The minimum atomic E-state index is 0.280. The molecule has 0 N–H and O–H groups in total. The lowest BCUT2D eigenvalue weighted by Crippen LogP contribution is -2.47. The topological polar surface area (TPSA) is 17.1 Å². The first-order chi connectivity index (χ1) is 5.50. The largest absolute Gasteiger partial charge is 0.300 e. The van der Waals surface area contributed by atoms with Crippen LogP contribution in [0.2, 0.25) is 0 Å². The molecule has 12 heavy (non-hydrogen) atoms. The van der Waals surface area contributed by atoms with E-state index in [-0.39, 0.29) is 5.41 Å². The summed E-state index contributed by atoms with van der Waals surface area (Å²) in [6, 6.07) is 0. The monoisotopic (exact) mass is 168 g/mol. The first-order valence-electron chi connectivity index (χ1n) is 5.00. The van der Waals surface area contributed by atoms with Crippen molar-refractivity contribution in [1.82, 2.24) is 0 Å². The van der Waals surface area contributed by atoms with Crippen LogP contribution >= 0.6 is 0 Å². The second-order valence-corrected chi connectivity index (χ2v) is 4.71. The lowest BCUT2D eigenvalue weighted by Gasteiger charge is -2.51. The van der Waals surface area contributed by atoms with Crippen molar-refractivity contribution in [2.75, 3.05) is 0 Å². The van der Waals surface area contributed by atoms with Crippen molar-refractivity contribution in [1.29, 1.82) is 0 Å². The van der Waals surface area contributed by atoms with Crippen molar-refractivity contribution in [3.05, 3.63) is 0 Å². The van der Waals surface area contributed by atoms with Crippen molar-refractivity contribution in [3.8, 4) is 0 Å². The molecule has 0 amide bonds. The molecule has 0 bridgehead atoms. The van der Waals surface area contributed by atoms with E-state index in [0.717, 1.165) is 12.3 Å². The number of Topliss-reactive ketones (excluding diaryl/α,β-unsaturated/α-hetero) is 1. The Hall–Kier alpha value is -0.330. The predicted octanol–water partition coefficient (Wildman–Crippen LogP) is 3.04. The number of rotatable bonds is 3. The van der Waals surface area contributed by atoms with Crippen LogP contribution in [0.1, 0.15) is 47.0 Å². The number of carbonyl (C=O) groups excluding carboxylic acids is 1. The zero-order valence-corrected chi connectivity index (χ0v) is 8.68. The van der Waals surface area contributed by atoms with Crippen molar-refractivity contribution in [2.24, 2.45) is 17.3 Å². The van der Waals surface area contributed by atoms with Crippen LogP contribution in [-0.4, -0.2) is 5.78 Å². The van der Waals surface area contributed by atoms with Crippen LogP contribution in [0, 0.1) is 17.3 Å². The van der Waals surface area contributed by atoms with Gasteiger partial charge in [-0.2, -0.15) is 0 Å². The van der Waals surface area contributed by atoms with Crippen LogP contribution in [0.4, 0.5) is 0 Å². The van der Waals surface area contributed by atoms with Crippen LogP contribution in [0.15, 0.2) is 0 Å². The summed E-state index contributed by atoms with van der Waals surface area (Å²) in [5, 5.41) is 0. The van der Waals surface area contributed by atoms with Gasteiger partial charge in [0.15, 0.2) is 0 Å². The van der Waals surface area contributed by atoms with Gasteiger partial charge < -0.3 is 0 Å². The minimum absolute atomic E-state index is 0.280. The molecule has 2 atom stereocenters. The van der Waals surface area contributed by atoms with Crippen molar-refractivity contribution in [2.45, 2.75) is 47.0 Å². The van der Waals surface area contributed by atoms with Gasteiger partial charge in [0.25, 0.3) is 0 Å². The Labute approximate surface area is 75.5 Å². The van der Waals surface area contributed by atoms with Crippen molar-refractivity contribution >= 4 is 5.78 Å². The Bertz CT molecular complexity index is 181. The third-order valence-corrected chi connectivity index (χ3v) is 3.60. The quantitative estimate of drug-likeness (QED) is 0.633. The lowest BCUT2D eigenvalue weighted by atomic mass is 9.52. The summed E-state index contributed by atoms with van der Waals surface area (Å²) in [4.78, 5) is 11.2. The van der Waals surface area contributed by atoms with Gasteiger partial charge in [0, 0.05) is 5.92 Å².